The van der Waals surface area contributed by atoms with Crippen LogP contribution in [0.25, 0.3) is 0 Å². The molecule has 1 aliphatic carbocycles. The molecule has 0 saturated heterocycles. The zero-order valence-electron chi connectivity index (χ0n) is 25.9. The van der Waals surface area contributed by atoms with Crippen molar-refractivity contribution in [3.63, 3.8) is 0 Å². The highest BCUT2D eigenvalue weighted by molar-refractivity contribution is 5.91. The summed E-state index contributed by atoms with van der Waals surface area (Å²) in [6, 6.07) is 17.6. The number of carbonyl (C=O) groups is 3. The van der Waals surface area contributed by atoms with Crippen molar-refractivity contribution in [3.8, 4) is 0 Å². The van der Waals surface area contributed by atoms with Gasteiger partial charge in [0.2, 0.25) is 0 Å². The van der Waals surface area contributed by atoms with E-state index in [2.05, 4.69) is 63.7 Å². The number of nitrogens with zero attached hydrogens (tertiary/aromatic N) is 4. The van der Waals surface area contributed by atoms with Crippen molar-refractivity contribution in [2.75, 3.05) is 26.7 Å². The molecule has 9 nitrogen and oxygen atoms in total. The molecule has 49 heavy (non-hydrogen) atoms. The van der Waals surface area contributed by atoms with Gasteiger partial charge in [-0.3, -0.25) is 19.7 Å². The Hall–Kier alpha value is -4.37. The molecule has 0 unspecified atom stereocenters. The summed E-state index contributed by atoms with van der Waals surface area (Å²) in [7, 11) is 2.12. The Labute approximate surface area is 297 Å². The number of rotatable bonds is 17. The number of aromatic carboxylic acids is 1. The summed E-state index contributed by atoms with van der Waals surface area (Å²) in [6.45, 7) is 9.52. The molecule has 4 rings (SSSR count). The lowest BCUT2D eigenvalue weighted by molar-refractivity contribution is 0.0525. The number of pyridine rings is 2. The number of benzene rings is 1. The molecule has 0 atom stereocenters. The van der Waals surface area contributed by atoms with Crippen LogP contribution in [-0.4, -0.2) is 75.9 Å². The lowest BCUT2D eigenvalue weighted by Gasteiger charge is -2.24. The fourth-order valence-corrected chi connectivity index (χ4v) is 4.74. The standard InChI is InChI=1S/C26H35N3O2.C9H9NO3.5CH4/c1-21(9-8-12-24-19-23(26(30)31)15-16-27-24)28(2)17-6-7-18-29(25-13-14-25)20-22-10-4-3-5-11-22;1-2-13-9(12)7-3-4-10-8(5-7)6-11;;;;;/h3-5,10-11,15-16,19,25H,1,6-9,12-14,17-18,20H2,2H3,(H,30,31);3-6H,2H2,1H3;5*1H4. The SMILES string of the molecule is C.C.C.C.C.C=C(CCCc1cc(C(=O)O)ccn1)N(C)CCCCN(Cc1ccccc1)C1CC1.CCOC(=O)c1ccnc(C=O)c1. The molecule has 2 heterocycles. The lowest BCUT2D eigenvalue weighted by Crippen LogP contribution is -2.27. The first-order chi connectivity index (χ1) is 21.3. The lowest BCUT2D eigenvalue weighted by atomic mass is 10.1. The van der Waals surface area contributed by atoms with E-state index in [1.807, 2.05) is 0 Å². The van der Waals surface area contributed by atoms with Crippen LogP contribution in [0.2, 0.25) is 0 Å². The normalized spacial score (nSPS) is 10.9. The van der Waals surface area contributed by atoms with Gasteiger partial charge in [0.05, 0.1) is 17.7 Å². The smallest absolute Gasteiger partial charge is 0.338 e. The Morgan fingerprint density at radius 2 is 1.55 bits per heavy atom. The third-order valence-electron chi connectivity index (χ3n) is 7.40. The molecule has 1 saturated carbocycles. The Morgan fingerprint density at radius 3 is 2.16 bits per heavy atom. The number of aldehydes is 1. The van der Waals surface area contributed by atoms with Crippen molar-refractivity contribution in [2.45, 2.75) is 102 Å². The average Bonchev–Trinajstić information content (AvgIpc) is 3.89. The summed E-state index contributed by atoms with van der Waals surface area (Å²) < 4.78 is 4.74. The predicted molar refractivity (Wildman–Crippen MR) is 204 cm³/mol. The number of carboxylic acids is 1. The fraction of sp³-hybridized carbons (Fsp3) is 0.475. The molecule has 0 bridgehead atoms. The molecular formula is C40H64N4O5. The Bertz CT molecular complexity index is 1360. The topological polar surface area (TPSA) is 113 Å². The van der Waals surface area contributed by atoms with Gasteiger partial charge >= 0.3 is 11.9 Å². The molecule has 9 heteroatoms. The van der Waals surface area contributed by atoms with E-state index in [4.69, 9.17) is 9.84 Å². The third-order valence-corrected chi connectivity index (χ3v) is 7.40. The molecule has 1 aliphatic rings. The minimum Gasteiger partial charge on any atom is -0.478 e. The summed E-state index contributed by atoms with van der Waals surface area (Å²) >= 11 is 0. The first kappa shape index (κ1) is 49.0. The maximum absolute atomic E-state index is 11.1. The molecule has 0 radical (unpaired) electrons. The van der Waals surface area contributed by atoms with Gasteiger partial charge in [0.25, 0.3) is 0 Å². The molecule has 1 N–H and O–H groups in total. The van der Waals surface area contributed by atoms with Gasteiger partial charge < -0.3 is 14.7 Å². The van der Waals surface area contributed by atoms with Crippen LogP contribution >= 0.6 is 0 Å². The number of ether oxygens (including phenoxy) is 1. The number of allylic oxidation sites excluding steroid dienone is 1. The quantitative estimate of drug-likeness (QED) is 0.0847. The highest BCUT2D eigenvalue weighted by atomic mass is 16.5. The summed E-state index contributed by atoms with van der Waals surface area (Å²) in [5, 5.41) is 9.09. The molecular weight excluding hydrogens is 616 g/mol. The van der Waals surface area contributed by atoms with Crippen molar-refractivity contribution in [1.82, 2.24) is 19.8 Å². The van der Waals surface area contributed by atoms with Gasteiger partial charge in [0.15, 0.2) is 6.29 Å². The maximum atomic E-state index is 11.1. The van der Waals surface area contributed by atoms with Crippen LogP contribution in [0.1, 0.15) is 125 Å². The van der Waals surface area contributed by atoms with Gasteiger partial charge in [-0.15, -0.1) is 0 Å². The van der Waals surface area contributed by atoms with Gasteiger partial charge in [-0.1, -0.05) is 74.0 Å². The van der Waals surface area contributed by atoms with Crippen LogP contribution in [0.15, 0.2) is 79.3 Å². The van der Waals surface area contributed by atoms with E-state index in [0.717, 1.165) is 62.8 Å². The van der Waals surface area contributed by atoms with Gasteiger partial charge in [-0.2, -0.15) is 0 Å². The zero-order chi connectivity index (χ0) is 31.7. The number of aryl methyl sites for hydroxylation is 1. The number of carboxylic acid groups (broad SMARTS) is 1. The van der Waals surface area contributed by atoms with Crippen molar-refractivity contribution < 1.29 is 24.2 Å². The van der Waals surface area contributed by atoms with Crippen molar-refractivity contribution in [1.29, 1.82) is 0 Å². The van der Waals surface area contributed by atoms with E-state index < -0.39 is 11.9 Å². The average molecular weight is 681 g/mol. The second kappa shape index (κ2) is 26.6. The van der Waals surface area contributed by atoms with E-state index in [1.54, 1.807) is 19.2 Å². The van der Waals surface area contributed by atoms with E-state index in [1.165, 1.54) is 49.2 Å². The summed E-state index contributed by atoms with van der Waals surface area (Å²) in [6.07, 6.45) is 11.2. The minimum absolute atomic E-state index is 0. The maximum Gasteiger partial charge on any atom is 0.338 e. The van der Waals surface area contributed by atoms with Crippen molar-refractivity contribution in [2.24, 2.45) is 0 Å². The van der Waals surface area contributed by atoms with Crippen LogP contribution in [-0.2, 0) is 17.7 Å². The van der Waals surface area contributed by atoms with E-state index >= 15 is 0 Å². The largest absolute Gasteiger partial charge is 0.478 e. The zero-order valence-corrected chi connectivity index (χ0v) is 25.9. The summed E-state index contributed by atoms with van der Waals surface area (Å²) in [4.78, 5) is 45.5. The number of esters is 1. The fourth-order valence-electron chi connectivity index (χ4n) is 4.74. The van der Waals surface area contributed by atoms with E-state index in [-0.39, 0.29) is 42.8 Å². The first-order valence-electron chi connectivity index (χ1n) is 15.2. The van der Waals surface area contributed by atoms with Crippen LogP contribution in [0.3, 0.4) is 0 Å². The molecule has 1 fully saturated rings. The monoisotopic (exact) mass is 680 g/mol. The van der Waals surface area contributed by atoms with E-state index in [9.17, 15) is 14.4 Å². The molecule has 0 spiro atoms. The van der Waals surface area contributed by atoms with Crippen molar-refractivity contribution in [3.05, 3.63) is 107 Å². The Morgan fingerprint density at radius 1 is 0.918 bits per heavy atom. The minimum atomic E-state index is -0.906. The molecule has 2 aromatic heterocycles. The van der Waals surface area contributed by atoms with Gasteiger partial charge in [0, 0.05) is 50.0 Å². The van der Waals surface area contributed by atoms with Crippen LogP contribution in [0.5, 0.6) is 0 Å². The second-order valence-electron chi connectivity index (χ2n) is 10.9. The molecule has 1 aromatic carbocycles. The predicted octanol–water partition coefficient (Wildman–Crippen LogP) is 9.24. The highest BCUT2D eigenvalue weighted by Gasteiger charge is 2.28. The number of carbonyl (C=O) groups excluding carboxylic acids is 2. The second-order valence-corrected chi connectivity index (χ2v) is 10.9. The highest BCUT2D eigenvalue weighted by Crippen LogP contribution is 2.28. The van der Waals surface area contributed by atoms with Gasteiger partial charge in [-0.25, -0.2) is 9.59 Å². The van der Waals surface area contributed by atoms with Crippen molar-refractivity contribution >= 4 is 18.2 Å². The Balaban J connectivity index is -0.00000101. The third kappa shape index (κ3) is 18.1. The van der Waals surface area contributed by atoms with Crippen LogP contribution in [0.4, 0.5) is 0 Å². The van der Waals surface area contributed by atoms with Crippen LogP contribution < -0.4 is 0 Å². The molecule has 3 aromatic rings. The van der Waals surface area contributed by atoms with Gasteiger partial charge in [0.1, 0.15) is 5.69 Å². The molecule has 0 amide bonds. The van der Waals surface area contributed by atoms with E-state index in [0.29, 0.717) is 24.0 Å². The van der Waals surface area contributed by atoms with Gasteiger partial charge in [-0.05, 0) is 88.2 Å². The number of hydrogen-bond donors (Lipinski definition) is 1. The number of unbranched alkanes of at least 4 members (excludes halogenated alkanes) is 1. The summed E-state index contributed by atoms with van der Waals surface area (Å²) in [5.41, 5.74) is 4.24. The summed E-state index contributed by atoms with van der Waals surface area (Å²) in [5.74, 6) is -1.34. The first-order valence-corrected chi connectivity index (χ1v) is 15.2. The van der Waals surface area contributed by atoms with Crippen LogP contribution in [0, 0.1) is 0 Å². The number of hydrogen-bond acceptors (Lipinski definition) is 8. The molecule has 0 aliphatic heterocycles. The Kier molecular flexibility index (Phi) is 26.6. The molecule has 274 valence electrons. The number of aromatic nitrogens is 2.